The minimum Gasteiger partial charge on any atom is -0.381 e. The summed E-state index contributed by atoms with van der Waals surface area (Å²) in [5.74, 6) is 1.08. The molecule has 13 heavy (non-hydrogen) atoms. The molecule has 0 spiro atoms. The van der Waals surface area contributed by atoms with Crippen LogP contribution in [0.15, 0.2) is 12.4 Å². The Balaban J connectivity index is 2.69. The van der Waals surface area contributed by atoms with Gasteiger partial charge in [0.15, 0.2) is 6.54 Å². The Labute approximate surface area is 78.0 Å². The SMILES string of the molecule is COCC[n+]1ccn(CC#N)c1C. The first-order valence-corrected chi connectivity index (χ1v) is 4.20. The second-order valence-electron chi connectivity index (χ2n) is 2.82. The molecule has 0 N–H and O–H groups in total. The largest absolute Gasteiger partial charge is 0.381 e. The van der Waals surface area contributed by atoms with Gasteiger partial charge in [-0.15, -0.1) is 0 Å². The van der Waals surface area contributed by atoms with E-state index in [1.807, 2.05) is 23.9 Å². The van der Waals surface area contributed by atoms with Gasteiger partial charge in [0.2, 0.25) is 0 Å². The Morgan fingerprint density at radius 3 is 3.08 bits per heavy atom. The van der Waals surface area contributed by atoms with E-state index < -0.39 is 0 Å². The van der Waals surface area contributed by atoms with Crippen molar-refractivity contribution in [3.8, 4) is 6.07 Å². The van der Waals surface area contributed by atoms with E-state index in [0.717, 1.165) is 12.4 Å². The van der Waals surface area contributed by atoms with Gasteiger partial charge in [-0.25, -0.2) is 9.13 Å². The summed E-state index contributed by atoms with van der Waals surface area (Å²) < 4.78 is 8.96. The van der Waals surface area contributed by atoms with Crippen LogP contribution in [-0.2, 0) is 17.8 Å². The maximum atomic E-state index is 8.52. The van der Waals surface area contributed by atoms with Crippen LogP contribution in [0.1, 0.15) is 5.82 Å². The number of ether oxygens (including phenoxy) is 1. The van der Waals surface area contributed by atoms with Crippen LogP contribution in [0, 0.1) is 18.3 Å². The standard InChI is InChI=1S/C9H14N3O/c1-9-11(4-3-10)5-6-12(9)7-8-13-2/h5-6H,4,7-8H2,1-2H3/q+1. The second kappa shape index (κ2) is 4.63. The van der Waals surface area contributed by atoms with E-state index in [9.17, 15) is 0 Å². The molecule has 0 unspecified atom stereocenters. The lowest BCUT2D eigenvalue weighted by Crippen LogP contribution is -2.37. The van der Waals surface area contributed by atoms with Gasteiger partial charge in [0.25, 0.3) is 5.82 Å². The quantitative estimate of drug-likeness (QED) is 0.623. The van der Waals surface area contributed by atoms with Crippen molar-refractivity contribution in [3.05, 3.63) is 18.2 Å². The minimum absolute atomic E-state index is 0.409. The average Bonchev–Trinajstić information content (AvgIpc) is 2.46. The predicted molar refractivity (Wildman–Crippen MR) is 46.9 cm³/mol. The van der Waals surface area contributed by atoms with E-state index in [0.29, 0.717) is 13.2 Å². The van der Waals surface area contributed by atoms with Gasteiger partial charge in [-0.05, 0) is 0 Å². The molecule has 0 atom stereocenters. The number of hydrogen-bond donors (Lipinski definition) is 0. The monoisotopic (exact) mass is 180 g/mol. The number of nitriles is 1. The van der Waals surface area contributed by atoms with Crippen molar-refractivity contribution in [2.75, 3.05) is 13.7 Å². The maximum Gasteiger partial charge on any atom is 0.254 e. The lowest BCUT2D eigenvalue weighted by molar-refractivity contribution is -0.703. The summed E-state index contributed by atoms with van der Waals surface area (Å²) in [7, 11) is 1.68. The number of hydrogen-bond acceptors (Lipinski definition) is 2. The molecule has 0 amide bonds. The number of rotatable bonds is 4. The summed E-state index contributed by atoms with van der Waals surface area (Å²) in [5.41, 5.74) is 0. The second-order valence-corrected chi connectivity index (χ2v) is 2.82. The topological polar surface area (TPSA) is 41.8 Å². The maximum absolute atomic E-state index is 8.52. The molecule has 0 aliphatic rings. The number of imidazole rings is 1. The van der Waals surface area contributed by atoms with Crippen LogP contribution >= 0.6 is 0 Å². The van der Waals surface area contributed by atoms with E-state index in [1.54, 1.807) is 7.11 Å². The van der Waals surface area contributed by atoms with E-state index in [4.69, 9.17) is 10.00 Å². The van der Waals surface area contributed by atoms with Gasteiger partial charge < -0.3 is 4.74 Å². The van der Waals surface area contributed by atoms with E-state index in [2.05, 4.69) is 10.6 Å². The first-order valence-electron chi connectivity index (χ1n) is 4.20. The Bertz CT molecular complexity index is 311. The summed E-state index contributed by atoms with van der Waals surface area (Å²) in [6.07, 6.45) is 3.87. The first-order chi connectivity index (χ1) is 6.29. The third-order valence-electron chi connectivity index (χ3n) is 2.04. The van der Waals surface area contributed by atoms with Gasteiger partial charge >= 0.3 is 0 Å². The van der Waals surface area contributed by atoms with Crippen molar-refractivity contribution in [3.63, 3.8) is 0 Å². The molecule has 4 nitrogen and oxygen atoms in total. The van der Waals surface area contributed by atoms with Gasteiger partial charge in [-0.3, -0.25) is 0 Å². The summed E-state index contributed by atoms with van der Waals surface area (Å²) in [6.45, 7) is 3.93. The summed E-state index contributed by atoms with van der Waals surface area (Å²) in [6, 6.07) is 2.11. The molecule has 0 saturated heterocycles. The fourth-order valence-corrected chi connectivity index (χ4v) is 1.21. The minimum atomic E-state index is 0.409. The van der Waals surface area contributed by atoms with Crippen LogP contribution in [0.2, 0.25) is 0 Å². The number of aromatic nitrogens is 2. The molecule has 4 heteroatoms. The average molecular weight is 180 g/mol. The molecule has 1 aromatic rings. The van der Waals surface area contributed by atoms with Crippen molar-refractivity contribution in [2.24, 2.45) is 0 Å². The van der Waals surface area contributed by atoms with E-state index >= 15 is 0 Å². The van der Waals surface area contributed by atoms with Crippen molar-refractivity contribution >= 4 is 0 Å². The molecule has 1 aromatic heterocycles. The molecule has 1 rings (SSSR count). The Morgan fingerprint density at radius 2 is 2.46 bits per heavy atom. The van der Waals surface area contributed by atoms with Gasteiger partial charge in [0, 0.05) is 14.0 Å². The zero-order valence-electron chi connectivity index (χ0n) is 8.03. The fourth-order valence-electron chi connectivity index (χ4n) is 1.21. The Morgan fingerprint density at radius 1 is 1.69 bits per heavy atom. The highest BCUT2D eigenvalue weighted by Crippen LogP contribution is 1.92. The molecule has 1 heterocycles. The summed E-state index contributed by atoms with van der Waals surface area (Å²) in [4.78, 5) is 0. The van der Waals surface area contributed by atoms with Crippen molar-refractivity contribution in [1.82, 2.24) is 4.57 Å². The molecule has 0 aliphatic heterocycles. The molecule has 0 fully saturated rings. The third kappa shape index (κ3) is 2.30. The molecule has 0 bridgehead atoms. The molecular weight excluding hydrogens is 166 g/mol. The number of methoxy groups -OCH3 is 1. The summed E-state index contributed by atoms with van der Waals surface area (Å²) in [5, 5.41) is 8.52. The van der Waals surface area contributed by atoms with Gasteiger partial charge in [-0.2, -0.15) is 5.26 Å². The molecule has 0 aliphatic carbocycles. The molecule has 0 aromatic carbocycles. The van der Waals surface area contributed by atoms with Crippen molar-refractivity contribution < 1.29 is 9.30 Å². The lowest BCUT2D eigenvalue weighted by atomic mass is 10.6. The van der Waals surface area contributed by atoms with Crippen molar-refractivity contribution in [1.29, 1.82) is 5.26 Å². The molecule has 0 radical (unpaired) electrons. The van der Waals surface area contributed by atoms with Crippen molar-refractivity contribution in [2.45, 2.75) is 20.0 Å². The number of nitrogens with zero attached hydrogens (tertiary/aromatic N) is 3. The van der Waals surface area contributed by atoms with Crippen LogP contribution in [-0.4, -0.2) is 18.3 Å². The predicted octanol–water partition coefficient (Wildman–Crippen LogP) is 0.254. The van der Waals surface area contributed by atoms with Crippen LogP contribution in [0.5, 0.6) is 0 Å². The van der Waals surface area contributed by atoms with Crippen LogP contribution in [0.25, 0.3) is 0 Å². The normalized spacial score (nSPS) is 9.92. The highest BCUT2D eigenvalue weighted by atomic mass is 16.5. The zero-order chi connectivity index (χ0) is 9.68. The fraction of sp³-hybridized carbons (Fsp3) is 0.556. The Kier molecular flexibility index (Phi) is 3.47. The smallest absolute Gasteiger partial charge is 0.254 e. The lowest BCUT2D eigenvalue weighted by Gasteiger charge is -1.97. The molecule has 0 saturated carbocycles. The van der Waals surface area contributed by atoms with Crippen LogP contribution < -0.4 is 4.57 Å². The Hall–Kier alpha value is -1.34. The highest BCUT2D eigenvalue weighted by molar-refractivity contribution is 4.84. The van der Waals surface area contributed by atoms with Gasteiger partial charge in [-0.1, -0.05) is 0 Å². The van der Waals surface area contributed by atoms with Gasteiger partial charge in [0.1, 0.15) is 25.0 Å². The molecular formula is C9H14N3O+. The van der Waals surface area contributed by atoms with Crippen LogP contribution in [0.4, 0.5) is 0 Å². The van der Waals surface area contributed by atoms with E-state index in [1.165, 1.54) is 0 Å². The van der Waals surface area contributed by atoms with Crippen LogP contribution in [0.3, 0.4) is 0 Å². The highest BCUT2D eigenvalue weighted by Gasteiger charge is 2.10. The van der Waals surface area contributed by atoms with Gasteiger partial charge in [0.05, 0.1) is 6.61 Å². The third-order valence-corrected chi connectivity index (χ3v) is 2.04. The summed E-state index contributed by atoms with van der Waals surface area (Å²) >= 11 is 0. The zero-order valence-corrected chi connectivity index (χ0v) is 8.03. The van der Waals surface area contributed by atoms with E-state index in [-0.39, 0.29) is 0 Å². The molecule has 70 valence electrons. The first kappa shape index (κ1) is 9.75.